The number of rotatable bonds is 10. The third-order valence-corrected chi connectivity index (χ3v) is 5.88. The van der Waals surface area contributed by atoms with Crippen LogP contribution in [-0.4, -0.2) is 71.5 Å². The summed E-state index contributed by atoms with van der Waals surface area (Å²) < 4.78 is 16.9. The smallest absolute Gasteiger partial charge is 0.328 e. The maximum absolute atomic E-state index is 13.0. The van der Waals surface area contributed by atoms with Gasteiger partial charge in [0, 0.05) is 42.1 Å². The lowest BCUT2D eigenvalue weighted by molar-refractivity contribution is -0.143. The van der Waals surface area contributed by atoms with Gasteiger partial charge in [-0.1, -0.05) is 0 Å². The van der Waals surface area contributed by atoms with Crippen molar-refractivity contribution in [2.75, 3.05) is 33.3 Å². The molecule has 0 bridgehead atoms. The molecule has 2 aromatic heterocycles. The predicted octanol–water partition coefficient (Wildman–Crippen LogP) is 2.32. The van der Waals surface area contributed by atoms with E-state index in [9.17, 15) is 14.4 Å². The van der Waals surface area contributed by atoms with Crippen LogP contribution in [0.5, 0.6) is 11.5 Å². The highest BCUT2D eigenvalue weighted by molar-refractivity contribution is 6.04. The summed E-state index contributed by atoms with van der Waals surface area (Å²) >= 11 is 0. The van der Waals surface area contributed by atoms with Gasteiger partial charge in [-0.05, 0) is 48.5 Å². The number of hydrogen-bond donors (Lipinski definition) is 3. The monoisotopic (exact) mass is 533 g/mol. The van der Waals surface area contributed by atoms with E-state index in [0.717, 1.165) is 5.56 Å². The van der Waals surface area contributed by atoms with Crippen LogP contribution in [0.1, 0.15) is 27.3 Å². The number of amides is 2. The minimum absolute atomic E-state index is 0.0220. The highest BCUT2D eigenvalue weighted by atomic mass is 16.5. The normalized spacial score (nSPS) is 11.5. The van der Waals surface area contributed by atoms with Crippen LogP contribution in [0.15, 0.2) is 60.8 Å². The van der Waals surface area contributed by atoms with E-state index in [1.54, 1.807) is 55.3 Å². The molecule has 2 aromatic carbocycles. The second-order valence-corrected chi connectivity index (χ2v) is 8.29. The van der Waals surface area contributed by atoms with E-state index in [-0.39, 0.29) is 24.3 Å². The van der Waals surface area contributed by atoms with E-state index in [1.807, 2.05) is 12.1 Å². The lowest BCUT2D eigenvalue weighted by Gasteiger charge is -2.15. The van der Waals surface area contributed by atoms with Gasteiger partial charge in [0.1, 0.15) is 6.04 Å². The highest BCUT2D eigenvalue weighted by Crippen LogP contribution is 2.32. The van der Waals surface area contributed by atoms with Gasteiger partial charge < -0.3 is 30.0 Å². The summed E-state index contributed by atoms with van der Waals surface area (Å²) in [5.41, 5.74) is 2.79. The number of fused-ring (bicyclic) bond motifs is 1. The van der Waals surface area contributed by atoms with Gasteiger partial charge in [-0.25, -0.2) is 14.3 Å². The van der Waals surface area contributed by atoms with Crippen LogP contribution >= 0.6 is 0 Å². The van der Waals surface area contributed by atoms with Gasteiger partial charge in [0.15, 0.2) is 22.8 Å². The first kappa shape index (κ1) is 27.1. The van der Waals surface area contributed by atoms with E-state index in [4.69, 9.17) is 14.6 Å². The van der Waals surface area contributed by atoms with Gasteiger partial charge in [-0.2, -0.15) is 5.10 Å². The van der Waals surface area contributed by atoms with Crippen molar-refractivity contribution < 1.29 is 33.7 Å². The second kappa shape index (κ2) is 12.0. The molecule has 0 saturated carbocycles. The first-order chi connectivity index (χ1) is 18.9. The fourth-order valence-electron chi connectivity index (χ4n) is 3.88. The highest BCUT2D eigenvalue weighted by Gasteiger charge is 2.22. The first-order valence-electron chi connectivity index (χ1n) is 11.9. The number of aliphatic hydroxyl groups is 1. The average Bonchev–Trinajstić information content (AvgIpc) is 3.41. The lowest BCUT2D eigenvalue weighted by Crippen LogP contribution is -2.42. The van der Waals surface area contributed by atoms with Crippen LogP contribution in [0.2, 0.25) is 0 Å². The molecule has 0 saturated heterocycles. The summed E-state index contributed by atoms with van der Waals surface area (Å²) in [6, 6.07) is 13.9. The van der Waals surface area contributed by atoms with Crippen molar-refractivity contribution in [3.8, 4) is 22.8 Å². The number of ether oxygens (including phenoxy) is 3. The predicted molar refractivity (Wildman–Crippen MR) is 141 cm³/mol. The molecule has 39 heavy (non-hydrogen) atoms. The molecule has 1 atom stereocenters. The number of methoxy groups -OCH3 is 3. The largest absolute Gasteiger partial charge is 0.493 e. The molecule has 12 nitrogen and oxygen atoms in total. The maximum atomic E-state index is 13.0. The minimum atomic E-state index is -0.973. The Morgan fingerprint density at radius 1 is 0.949 bits per heavy atom. The number of aromatic nitrogens is 3. The summed E-state index contributed by atoms with van der Waals surface area (Å²) in [5.74, 6) is -0.506. The minimum Gasteiger partial charge on any atom is -0.493 e. The molecular weight excluding hydrogens is 506 g/mol. The molecule has 202 valence electrons. The molecule has 4 aromatic rings. The van der Waals surface area contributed by atoms with E-state index in [1.165, 1.54) is 19.2 Å². The fourth-order valence-corrected chi connectivity index (χ4v) is 3.88. The third kappa shape index (κ3) is 5.96. The molecule has 2 heterocycles. The number of aliphatic hydroxyl groups excluding tert-OH is 1. The molecule has 2 amide bonds. The quantitative estimate of drug-likeness (QED) is 0.261. The van der Waals surface area contributed by atoms with E-state index in [2.05, 4.69) is 25.5 Å². The van der Waals surface area contributed by atoms with E-state index < -0.39 is 23.8 Å². The molecule has 12 heteroatoms. The number of anilines is 1. The Kier molecular flexibility index (Phi) is 8.37. The topological polar surface area (TPSA) is 153 Å². The van der Waals surface area contributed by atoms with Crippen LogP contribution in [0, 0.1) is 0 Å². The van der Waals surface area contributed by atoms with Gasteiger partial charge in [-0.15, -0.1) is 0 Å². The summed E-state index contributed by atoms with van der Waals surface area (Å²) in [4.78, 5) is 41.6. The fraction of sp³-hybridized carbons (Fsp3) is 0.222. The Morgan fingerprint density at radius 2 is 1.69 bits per heavy atom. The Hall–Kier alpha value is -4.97. The first-order valence-corrected chi connectivity index (χ1v) is 11.9. The lowest BCUT2D eigenvalue weighted by atomic mass is 10.1. The molecule has 0 unspecified atom stereocenters. The molecule has 4 rings (SSSR count). The third-order valence-electron chi connectivity index (χ3n) is 5.88. The number of carbonyl (C=O) groups is 3. The van der Waals surface area contributed by atoms with Gasteiger partial charge in [0.05, 0.1) is 27.0 Å². The number of nitrogens with one attached hydrogen (secondary N) is 2. The summed E-state index contributed by atoms with van der Waals surface area (Å²) in [7, 11) is 4.31. The van der Waals surface area contributed by atoms with Crippen molar-refractivity contribution >= 4 is 29.1 Å². The van der Waals surface area contributed by atoms with Crippen LogP contribution < -0.4 is 20.1 Å². The summed E-state index contributed by atoms with van der Waals surface area (Å²) in [5, 5.41) is 18.8. The number of carbonyl (C=O) groups excluding carboxylic acids is 3. The number of nitrogens with zero attached hydrogens (tertiary/aromatic N) is 3. The summed E-state index contributed by atoms with van der Waals surface area (Å²) in [6.07, 6.45) is 1.65. The van der Waals surface area contributed by atoms with Crippen molar-refractivity contribution in [3.63, 3.8) is 0 Å². The molecule has 0 radical (unpaired) electrons. The standard InChI is InChI=1S/C27H27N5O7/c1-37-22-9-6-17(14-23(22)38-2)21-10-12-28-24-15-20(31-32(21)24)26(35)29-18-7-4-16(5-8-18)25(34)30-19(11-13-33)27(36)39-3/h4-10,12,14-15,19,33H,11,13H2,1-3H3,(H,29,35)(H,30,34)/t19-/m0/s1. The van der Waals surface area contributed by atoms with Crippen molar-refractivity contribution in [2.45, 2.75) is 12.5 Å². The molecule has 0 fully saturated rings. The SMILES string of the molecule is COC(=O)[C@H](CCO)NC(=O)c1ccc(NC(=O)c2cc3nccc(-c4ccc(OC)c(OC)c4)n3n2)cc1. The van der Waals surface area contributed by atoms with Crippen molar-refractivity contribution in [3.05, 3.63) is 72.1 Å². The number of benzene rings is 2. The van der Waals surface area contributed by atoms with E-state index >= 15 is 0 Å². The maximum Gasteiger partial charge on any atom is 0.328 e. The number of esters is 1. The van der Waals surface area contributed by atoms with Crippen LogP contribution in [0.25, 0.3) is 16.9 Å². The molecule has 0 aliphatic rings. The van der Waals surface area contributed by atoms with Crippen LogP contribution in [-0.2, 0) is 9.53 Å². The van der Waals surface area contributed by atoms with Crippen LogP contribution in [0.4, 0.5) is 5.69 Å². The van der Waals surface area contributed by atoms with Gasteiger partial charge in [0.2, 0.25) is 0 Å². The molecular formula is C27H27N5O7. The Labute approximate surface area is 223 Å². The molecule has 0 aliphatic carbocycles. The van der Waals surface area contributed by atoms with Gasteiger partial charge in [-0.3, -0.25) is 9.59 Å². The zero-order valence-corrected chi connectivity index (χ0v) is 21.5. The van der Waals surface area contributed by atoms with Crippen LogP contribution in [0.3, 0.4) is 0 Å². The summed E-state index contributed by atoms with van der Waals surface area (Å²) in [6.45, 7) is -0.292. The Bertz CT molecular complexity index is 1500. The molecule has 0 spiro atoms. The van der Waals surface area contributed by atoms with Gasteiger partial charge in [0.25, 0.3) is 11.8 Å². The zero-order chi connectivity index (χ0) is 27.9. The molecule has 3 N–H and O–H groups in total. The average molecular weight is 534 g/mol. The van der Waals surface area contributed by atoms with Crippen molar-refractivity contribution in [2.24, 2.45) is 0 Å². The zero-order valence-electron chi connectivity index (χ0n) is 21.5. The van der Waals surface area contributed by atoms with Crippen molar-refractivity contribution in [1.82, 2.24) is 19.9 Å². The molecule has 0 aliphatic heterocycles. The second-order valence-electron chi connectivity index (χ2n) is 8.29. The van der Waals surface area contributed by atoms with Gasteiger partial charge >= 0.3 is 5.97 Å². The van der Waals surface area contributed by atoms with Crippen molar-refractivity contribution in [1.29, 1.82) is 0 Å². The Balaban J connectivity index is 1.50. The Morgan fingerprint density at radius 3 is 2.36 bits per heavy atom. The van der Waals surface area contributed by atoms with E-state index in [0.29, 0.717) is 28.5 Å². The number of hydrogen-bond acceptors (Lipinski definition) is 9.